The molecule has 0 atom stereocenters. The fourth-order valence-corrected chi connectivity index (χ4v) is 2.54. The zero-order valence-electron chi connectivity index (χ0n) is 14.9. The van der Waals surface area contributed by atoms with Crippen LogP contribution in [0.5, 0.6) is 5.75 Å². The van der Waals surface area contributed by atoms with E-state index in [-0.39, 0.29) is 12.3 Å². The summed E-state index contributed by atoms with van der Waals surface area (Å²) in [4.78, 5) is 16.0. The molecule has 0 unspecified atom stereocenters. The zero-order valence-corrected chi connectivity index (χ0v) is 14.9. The third-order valence-electron chi connectivity index (χ3n) is 4.01. The van der Waals surface area contributed by atoms with Crippen LogP contribution in [0.25, 0.3) is 11.3 Å². The molecule has 1 N–H and O–H groups in total. The van der Waals surface area contributed by atoms with E-state index < -0.39 is 0 Å². The number of rotatable bonds is 7. The van der Waals surface area contributed by atoms with Crippen LogP contribution in [0.2, 0.25) is 0 Å². The normalized spacial score (nSPS) is 10.7. The first kappa shape index (κ1) is 17.7. The molecule has 0 aliphatic rings. The van der Waals surface area contributed by atoms with E-state index >= 15 is 0 Å². The second-order valence-electron chi connectivity index (χ2n) is 6.32. The molecular weight excluding hydrogens is 328 g/mol. The molecule has 26 heavy (non-hydrogen) atoms. The monoisotopic (exact) mass is 350 g/mol. The van der Waals surface area contributed by atoms with Crippen molar-refractivity contribution in [2.24, 2.45) is 0 Å². The van der Waals surface area contributed by atoms with Crippen LogP contribution in [0.4, 0.5) is 5.69 Å². The number of carbonyl (C=O) groups excluding carboxylic acids is 1. The maximum Gasteiger partial charge on any atom is 0.227 e. The van der Waals surface area contributed by atoms with Gasteiger partial charge in [-0.15, -0.1) is 0 Å². The fourth-order valence-electron chi connectivity index (χ4n) is 2.54. The number of anilines is 1. The first-order valence-corrected chi connectivity index (χ1v) is 8.63. The molecule has 0 saturated heterocycles. The summed E-state index contributed by atoms with van der Waals surface area (Å²) in [7, 11) is 0. The molecule has 3 aromatic rings. The van der Waals surface area contributed by atoms with Crippen LogP contribution in [0.1, 0.15) is 31.7 Å². The van der Waals surface area contributed by atoms with Crippen molar-refractivity contribution in [1.82, 2.24) is 4.98 Å². The SMILES string of the molecule is CC(C)c1ccc(OCCC(=O)Nc2cccc(-c3cnco3)c2)cc1. The van der Waals surface area contributed by atoms with Gasteiger partial charge in [-0.1, -0.05) is 38.1 Å². The van der Waals surface area contributed by atoms with Crippen molar-refractivity contribution < 1.29 is 13.9 Å². The number of aromatic nitrogens is 1. The topological polar surface area (TPSA) is 64.4 Å². The predicted molar refractivity (Wildman–Crippen MR) is 101 cm³/mol. The van der Waals surface area contributed by atoms with Crippen molar-refractivity contribution in [2.45, 2.75) is 26.2 Å². The number of nitrogens with one attached hydrogen (secondary N) is 1. The van der Waals surface area contributed by atoms with Crippen LogP contribution in [0.15, 0.2) is 65.5 Å². The highest BCUT2D eigenvalue weighted by molar-refractivity contribution is 5.91. The van der Waals surface area contributed by atoms with Crippen LogP contribution in [-0.4, -0.2) is 17.5 Å². The van der Waals surface area contributed by atoms with E-state index in [2.05, 4.69) is 36.3 Å². The van der Waals surface area contributed by atoms with Crippen molar-refractivity contribution in [1.29, 1.82) is 0 Å². The Kier molecular flexibility index (Phi) is 5.69. The van der Waals surface area contributed by atoms with Gasteiger partial charge in [-0.25, -0.2) is 4.98 Å². The second-order valence-corrected chi connectivity index (χ2v) is 6.32. The molecule has 0 radical (unpaired) electrons. The quantitative estimate of drug-likeness (QED) is 0.660. The lowest BCUT2D eigenvalue weighted by molar-refractivity contribution is -0.116. The minimum Gasteiger partial charge on any atom is -0.493 e. The number of hydrogen-bond donors (Lipinski definition) is 1. The molecule has 3 rings (SSSR count). The van der Waals surface area contributed by atoms with Crippen molar-refractivity contribution in [3.05, 3.63) is 66.7 Å². The van der Waals surface area contributed by atoms with E-state index in [1.165, 1.54) is 12.0 Å². The standard InChI is InChI=1S/C21H22N2O3/c1-15(2)16-6-8-19(9-7-16)25-11-10-21(24)23-18-5-3-4-17(12-18)20-13-22-14-26-20/h3-9,12-15H,10-11H2,1-2H3,(H,23,24). The summed E-state index contributed by atoms with van der Waals surface area (Å²) < 4.78 is 10.9. The third-order valence-corrected chi connectivity index (χ3v) is 4.01. The minimum absolute atomic E-state index is 0.0986. The Hall–Kier alpha value is -3.08. The Morgan fingerprint density at radius 2 is 2.00 bits per heavy atom. The maximum absolute atomic E-state index is 12.1. The molecule has 2 aromatic carbocycles. The molecule has 1 aromatic heterocycles. The van der Waals surface area contributed by atoms with Gasteiger partial charge in [0.25, 0.3) is 0 Å². The van der Waals surface area contributed by atoms with E-state index in [1.807, 2.05) is 36.4 Å². The summed E-state index contributed by atoms with van der Waals surface area (Å²) >= 11 is 0. The lowest BCUT2D eigenvalue weighted by atomic mass is 10.0. The first-order valence-electron chi connectivity index (χ1n) is 8.63. The Bertz CT molecular complexity index is 840. The number of amides is 1. The van der Waals surface area contributed by atoms with E-state index in [9.17, 15) is 4.79 Å². The largest absolute Gasteiger partial charge is 0.493 e. The highest BCUT2D eigenvalue weighted by Crippen LogP contribution is 2.22. The van der Waals surface area contributed by atoms with E-state index in [0.29, 0.717) is 24.0 Å². The van der Waals surface area contributed by atoms with E-state index in [4.69, 9.17) is 9.15 Å². The summed E-state index contributed by atoms with van der Waals surface area (Å²) in [5, 5.41) is 2.87. The molecule has 134 valence electrons. The van der Waals surface area contributed by atoms with Gasteiger partial charge in [0.15, 0.2) is 12.2 Å². The second kappa shape index (κ2) is 8.34. The summed E-state index contributed by atoms with van der Waals surface area (Å²) in [5.74, 6) is 1.82. The molecule has 0 aliphatic carbocycles. The van der Waals surface area contributed by atoms with Gasteiger partial charge in [0.2, 0.25) is 5.91 Å². The number of benzene rings is 2. The number of carbonyl (C=O) groups is 1. The fraction of sp³-hybridized carbons (Fsp3) is 0.238. The minimum atomic E-state index is -0.0986. The van der Waals surface area contributed by atoms with Gasteiger partial charge in [-0.2, -0.15) is 0 Å². The highest BCUT2D eigenvalue weighted by atomic mass is 16.5. The molecule has 5 nitrogen and oxygen atoms in total. The summed E-state index contributed by atoms with van der Waals surface area (Å²) in [6, 6.07) is 15.4. The van der Waals surface area contributed by atoms with Crippen LogP contribution in [0, 0.1) is 0 Å². The molecule has 0 aliphatic heterocycles. The molecule has 0 fully saturated rings. The van der Waals surface area contributed by atoms with Crippen molar-refractivity contribution in [3.8, 4) is 17.1 Å². The van der Waals surface area contributed by atoms with Crippen LogP contribution < -0.4 is 10.1 Å². The molecule has 0 saturated carbocycles. The summed E-state index contributed by atoms with van der Waals surface area (Å²) in [6.45, 7) is 4.63. The van der Waals surface area contributed by atoms with Crippen molar-refractivity contribution in [2.75, 3.05) is 11.9 Å². The average Bonchev–Trinajstić information content (AvgIpc) is 3.17. The average molecular weight is 350 g/mol. The summed E-state index contributed by atoms with van der Waals surface area (Å²) in [5.41, 5.74) is 2.84. The van der Waals surface area contributed by atoms with Gasteiger partial charge in [0, 0.05) is 11.3 Å². The summed E-state index contributed by atoms with van der Waals surface area (Å²) in [6.07, 6.45) is 3.30. The van der Waals surface area contributed by atoms with Crippen molar-refractivity contribution in [3.63, 3.8) is 0 Å². The lowest BCUT2D eigenvalue weighted by Crippen LogP contribution is -2.15. The van der Waals surface area contributed by atoms with Crippen LogP contribution in [-0.2, 0) is 4.79 Å². The Labute approximate surface area is 153 Å². The van der Waals surface area contributed by atoms with Gasteiger partial charge in [-0.3, -0.25) is 4.79 Å². The number of ether oxygens (including phenoxy) is 1. The number of oxazole rings is 1. The Morgan fingerprint density at radius 3 is 2.69 bits per heavy atom. The van der Waals surface area contributed by atoms with Gasteiger partial charge >= 0.3 is 0 Å². The van der Waals surface area contributed by atoms with Crippen LogP contribution in [0.3, 0.4) is 0 Å². The van der Waals surface area contributed by atoms with Crippen molar-refractivity contribution >= 4 is 11.6 Å². The van der Waals surface area contributed by atoms with Gasteiger partial charge in [0.05, 0.1) is 19.2 Å². The first-order chi connectivity index (χ1) is 12.6. The molecule has 1 amide bonds. The smallest absolute Gasteiger partial charge is 0.227 e. The Balaban J connectivity index is 1.49. The Morgan fingerprint density at radius 1 is 1.19 bits per heavy atom. The highest BCUT2D eigenvalue weighted by Gasteiger charge is 2.06. The van der Waals surface area contributed by atoms with E-state index in [1.54, 1.807) is 6.20 Å². The molecule has 1 heterocycles. The molecule has 0 spiro atoms. The number of nitrogens with zero attached hydrogens (tertiary/aromatic N) is 1. The van der Waals surface area contributed by atoms with Gasteiger partial charge in [0.1, 0.15) is 5.75 Å². The van der Waals surface area contributed by atoms with E-state index in [0.717, 1.165) is 11.3 Å². The van der Waals surface area contributed by atoms with Crippen LogP contribution >= 0.6 is 0 Å². The maximum atomic E-state index is 12.1. The van der Waals surface area contributed by atoms with Gasteiger partial charge in [-0.05, 0) is 35.7 Å². The van der Waals surface area contributed by atoms with Gasteiger partial charge < -0.3 is 14.5 Å². The zero-order chi connectivity index (χ0) is 18.4. The number of hydrogen-bond acceptors (Lipinski definition) is 4. The predicted octanol–water partition coefficient (Wildman–Crippen LogP) is 4.87. The molecule has 0 bridgehead atoms. The third kappa shape index (κ3) is 4.72. The lowest BCUT2D eigenvalue weighted by Gasteiger charge is -2.09. The molecular formula is C21H22N2O3. The molecule has 5 heteroatoms.